The summed E-state index contributed by atoms with van der Waals surface area (Å²) in [6.07, 6.45) is 1.55. The third-order valence-corrected chi connectivity index (χ3v) is 4.57. The van der Waals surface area contributed by atoms with E-state index in [0.29, 0.717) is 0 Å². The number of allylic oxidation sites excluding steroid dienone is 1. The standard InChI is InChI=1S/C21H19NO4/c1-3-22(4-2)15-8-5-13(6-9-15)11-18-19(23)16-10-7-14(21(25)26)12-17(16)20(18)24/h5-12H,3-4H2,1-2H3,(H,25,26)/p-1/b18-11+. The van der Waals surface area contributed by atoms with Crippen molar-refractivity contribution in [3.8, 4) is 0 Å². The normalized spacial score (nSPS) is 14.6. The Morgan fingerprint density at radius 3 is 2.15 bits per heavy atom. The van der Waals surface area contributed by atoms with Crippen molar-refractivity contribution < 1.29 is 19.5 Å². The summed E-state index contributed by atoms with van der Waals surface area (Å²) in [6.45, 7) is 5.94. The van der Waals surface area contributed by atoms with Crippen LogP contribution in [0.15, 0.2) is 48.0 Å². The first kappa shape index (κ1) is 17.6. The zero-order valence-corrected chi connectivity index (χ0v) is 14.6. The second-order valence-corrected chi connectivity index (χ2v) is 6.03. The Kier molecular flexibility index (Phi) is 4.71. The summed E-state index contributed by atoms with van der Waals surface area (Å²) < 4.78 is 0. The average molecular weight is 348 g/mol. The number of carboxylic acids is 1. The lowest BCUT2D eigenvalue weighted by Crippen LogP contribution is -2.22. The SMILES string of the molecule is CCN(CC)c1ccc(/C=C2\C(=O)c3ccc(C(=O)[O-])cc3C2=O)cc1. The van der Waals surface area contributed by atoms with Gasteiger partial charge in [-0.3, -0.25) is 9.59 Å². The van der Waals surface area contributed by atoms with E-state index in [1.165, 1.54) is 18.2 Å². The van der Waals surface area contributed by atoms with Crippen LogP contribution in [0.5, 0.6) is 0 Å². The molecule has 5 nitrogen and oxygen atoms in total. The number of rotatable bonds is 5. The van der Waals surface area contributed by atoms with Gasteiger partial charge in [-0.15, -0.1) is 0 Å². The molecule has 0 heterocycles. The van der Waals surface area contributed by atoms with Crippen LogP contribution in [-0.4, -0.2) is 30.6 Å². The Balaban J connectivity index is 1.93. The van der Waals surface area contributed by atoms with Crippen molar-refractivity contribution >= 4 is 29.3 Å². The van der Waals surface area contributed by atoms with Crippen LogP contribution in [-0.2, 0) is 0 Å². The van der Waals surface area contributed by atoms with Gasteiger partial charge in [0.25, 0.3) is 0 Å². The topological polar surface area (TPSA) is 77.5 Å². The van der Waals surface area contributed by atoms with E-state index in [0.717, 1.165) is 24.3 Å². The maximum atomic E-state index is 12.5. The smallest absolute Gasteiger partial charge is 0.197 e. The lowest BCUT2D eigenvalue weighted by molar-refractivity contribution is -0.255. The molecule has 2 aromatic rings. The first-order chi connectivity index (χ1) is 12.5. The number of anilines is 1. The molecule has 0 N–H and O–H groups in total. The molecule has 0 amide bonds. The number of hydrogen-bond acceptors (Lipinski definition) is 5. The molecule has 132 valence electrons. The van der Waals surface area contributed by atoms with Crippen molar-refractivity contribution in [1.29, 1.82) is 0 Å². The van der Waals surface area contributed by atoms with Crippen molar-refractivity contribution in [3.63, 3.8) is 0 Å². The summed E-state index contributed by atoms with van der Waals surface area (Å²) >= 11 is 0. The van der Waals surface area contributed by atoms with Crippen LogP contribution < -0.4 is 10.0 Å². The fourth-order valence-electron chi connectivity index (χ4n) is 3.12. The molecule has 0 fully saturated rings. The first-order valence-corrected chi connectivity index (χ1v) is 8.47. The fourth-order valence-corrected chi connectivity index (χ4v) is 3.12. The summed E-state index contributed by atoms with van der Waals surface area (Å²) in [5.74, 6) is -2.22. The Morgan fingerprint density at radius 2 is 1.58 bits per heavy atom. The monoisotopic (exact) mass is 348 g/mol. The summed E-state index contributed by atoms with van der Waals surface area (Å²) in [5.41, 5.74) is 2.09. The number of ketones is 2. The molecule has 0 bridgehead atoms. The molecule has 2 aromatic carbocycles. The van der Waals surface area contributed by atoms with E-state index in [1.54, 1.807) is 6.08 Å². The Labute approximate surface area is 151 Å². The Hall–Kier alpha value is -3.21. The van der Waals surface area contributed by atoms with Crippen molar-refractivity contribution in [3.05, 3.63) is 70.3 Å². The predicted molar refractivity (Wildman–Crippen MR) is 97.4 cm³/mol. The third kappa shape index (κ3) is 3.04. The first-order valence-electron chi connectivity index (χ1n) is 8.47. The molecule has 1 aliphatic rings. The Bertz CT molecular complexity index is 922. The van der Waals surface area contributed by atoms with Crippen molar-refractivity contribution in [2.75, 3.05) is 18.0 Å². The third-order valence-electron chi connectivity index (χ3n) is 4.57. The summed E-state index contributed by atoms with van der Waals surface area (Å²) in [5, 5.41) is 11.0. The predicted octanol–water partition coefficient (Wildman–Crippen LogP) is 2.36. The van der Waals surface area contributed by atoms with Crippen LogP contribution in [0, 0.1) is 0 Å². The summed E-state index contributed by atoms with van der Waals surface area (Å²) in [6, 6.07) is 11.5. The second-order valence-electron chi connectivity index (χ2n) is 6.03. The van der Waals surface area contributed by atoms with Gasteiger partial charge in [0, 0.05) is 29.9 Å². The molecule has 0 spiro atoms. The van der Waals surface area contributed by atoms with E-state index in [4.69, 9.17) is 0 Å². The van der Waals surface area contributed by atoms with E-state index in [2.05, 4.69) is 18.7 Å². The molecule has 0 saturated heterocycles. The Morgan fingerprint density at radius 1 is 0.962 bits per heavy atom. The van der Waals surface area contributed by atoms with Crippen LogP contribution >= 0.6 is 0 Å². The van der Waals surface area contributed by atoms with Gasteiger partial charge in [0.05, 0.1) is 11.5 Å². The van der Waals surface area contributed by atoms with Crippen LogP contribution in [0.1, 0.15) is 50.5 Å². The second kappa shape index (κ2) is 6.96. The number of Topliss-reactive ketones (excluding diaryl/α,β-unsaturated/α-hetero) is 2. The van der Waals surface area contributed by atoms with Gasteiger partial charge in [0.2, 0.25) is 0 Å². The van der Waals surface area contributed by atoms with Crippen LogP contribution in [0.4, 0.5) is 5.69 Å². The summed E-state index contributed by atoms with van der Waals surface area (Å²) in [4.78, 5) is 38.2. The minimum atomic E-state index is -1.38. The van der Waals surface area contributed by atoms with E-state index >= 15 is 0 Å². The van der Waals surface area contributed by atoms with E-state index in [1.807, 2.05) is 24.3 Å². The van der Waals surface area contributed by atoms with Gasteiger partial charge in [0.1, 0.15) is 0 Å². The maximum absolute atomic E-state index is 12.5. The number of aromatic carboxylic acids is 1. The number of carbonyl (C=O) groups excluding carboxylic acids is 3. The average Bonchev–Trinajstić information content (AvgIpc) is 2.88. The fraction of sp³-hybridized carbons (Fsp3) is 0.190. The van der Waals surface area contributed by atoms with Gasteiger partial charge < -0.3 is 14.8 Å². The molecule has 0 aliphatic heterocycles. The molecular weight excluding hydrogens is 330 g/mol. The van der Waals surface area contributed by atoms with Gasteiger partial charge in [-0.1, -0.05) is 18.2 Å². The van der Waals surface area contributed by atoms with Gasteiger partial charge in [0.15, 0.2) is 11.6 Å². The van der Waals surface area contributed by atoms with E-state index in [9.17, 15) is 19.5 Å². The highest BCUT2D eigenvalue weighted by molar-refractivity contribution is 6.41. The van der Waals surface area contributed by atoms with Gasteiger partial charge in [-0.2, -0.15) is 0 Å². The van der Waals surface area contributed by atoms with Crippen LogP contribution in [0.2, 0.25) is 0 Å². The molecule has 0 saturated carbocycles. The summed E-state index contributed by atoms with van der Waals surface area (Å²) in [7, 11) is 0. The lowest BCUT2D eigenvalue weighted by atomic mass is 10.1. The molecular formula is C21H18NO4-. The van der Waals surface area contributed by atoms with Crippen molar-refractivity contribution in [2.24, 2.45) is 0 Å². The number of fused-ring (bicyclic) bond motifs is 1. The highest BCUT2D eigenvalue weighted by Gasteiger charge is 2.33. The molecule has 0 unspecified atom stereocenters. The lowest BCUT2D eigenvalue weighted by Gasteiger charge is -2.20. The number of benzene rings is 2. The molecule has 0 atom stereocenters. The highest BCUT2D eigenvalue weighted by Crippen LogP contribution is 2.29. The molecule has 26 heavy (non-hydrogen) atoms. The van der Waals surface area contributed by atoms with Crippen molar-refractivity contribution in [1.82, 2.24) is 0 Å². The molecule has 0 radical (unpaired) electrons. The van der Waals surface area contributed by atoms with E-state index in [-0.39, 0.29) is 28.0 Å². The van der Waals surface area contributed by atoms with Crippen LogP contribution in [0.25, 0.3) is 6.08 Å². The number of hydrogen-bond donors (Lipinski definition) is 0. The molecule has 0 aromatic heterocycles. The quantitative estimate of drug-likeness (QED) is 0.612. The van der Waals surface area contributed by atoms with Gasteiger partial charge >= 0.3 is 0 Å². The van der Waals surface area contributed by atoms with Gasteiger partial charge in [-0.25, -0.2) is 0 Å². The zero-order valence-electron chi connectivity index (χ0n) is 14.6. The minimum absolute atomic E-state index is 0.0473. The highest BCUT2D eigenvalue weighted by atomic mass is 16.4. The number of carboxylic acid groups (broad SMARTS) is 1. The molecule has 5 heteroatoms. The molecule has 3 rings (SSSR count). The number of carbonyl (C=O) groups is 3. The van der Waals surface area contributed by atoms with E-state index < -0.39 is 11.8 Å². The van der Waals surface area contributed by atoms with Crippen LogP contribution in [0.3, 0.4) is 0 Å². The minimum Gasteiger partial charge on any atom is -0.545 e. The largest absolute Gasteiger partial charge is 0.545 e. The molecule has 1 aliphatic carbocycles. The number of nitrogens with zero attached hydrogens (tertiary/aromatic N) is 1. The maximum Gasteiger partial charge on any atom is 0.197 e. The zero-order chi connectivity index (χ0) is 18.8. The van der Waals surface area contributed by atoms with Gasteiger partial charge in [-0.05, 0) is 55.3 Å². The van der Waals surface area contributed by atoms with Crippen molar-refractivity contribution in [2.45, 2.75) is 13.8 Å².